The summed E-state index contributed by atoms with van der Waals surface area (Å²) in [6, 6.07) is 6.26. The highest BCUT2D eigenvalue weighted by molar-refractivity contribution is 5.90. The Morgan fingerprint density at radius 3 is 3.06 bits per heavy atom. The topological polar surface area (TPSA) is 40.7 Å². The second-order valence-corrected chi connectivity index (χ2v) is 4.67. The molecule has 1 saturated carbocycles. The summed E-state index contributed by atoms with van der Waals surface area (Å²) in [5, 5.41) is 11.8. The Bertz CT molecular complexity index is 469. The molecule has 2 aromatic rings. The molecule has 84 valence electrons. The number of benzene rings is 1. The Morgan fingerprint density at radius 2 is 2.19 bits per heavy atom. The van der Waals surface area contributed by atoms with Crippen molar-refractivity contribution < 1.29 is 0 Å². The Morgan fingerprint density at radius 1 is 1.31 bits per heavy atom. The number of aromatic nitrogens is 2. The van der Waals surface area contributed by atoms with Gasteiger partial charge >= 0.3 is 0 Å². The van der Waals surface area contributed by atoms with Crippen LogP contribution in [0.4, 0.5) is 5.69 Å². The van der Waals surface area contributed by atoms with Crippen LogP contribution in [-0.2, 0) is 0 Å². The molecule has 1 heterocycles. The standard InChI is InChI=1S/C13H17N3/c1-2-5-10(4-1)8-14-12-6-3-7-13-11(12)9-15-16-13/h3,6-7,9-10,14H,1-2,4-5,8H2,(H,15,16). The molecule has 1 aromatic heterocycles. The normalized spacial score (nSPS) is 17.0. The quantitative estimate of drug-likeness (QED) is 0.825. The SMILES string of the molecule is c1cc(NCC2CCCC2)c2cn[nH]c2c1. The third-order valence-electron chi connectivity index (χ3n) is 3.54. The van der Waals surface area contributed by atoms with Crippen molar-refractivity contribution in [2.75, 3.05) is 11.9 Å². The van der Waals surface area contributed by atoms with Gasteiger partial charge in [0.05, 0.1) is 11.7 Å². The minimum Gasteiger partial charge on any atom is -0.384 e. The molecule has 3 heteroatoms. The fourth-order valence-electron chi connectivity index (χ4n) is 2.59. The van der Waals surface area contributed by atoms with E-state index in [1.807, 2.05) is 6.20 Å². The molecule has 0 unspecified atom stereocenters. The number of hydrogen-bond donors (Lipinski definition) is 2. The number of rotatable bonds is 3. The summed E-state index contributed by atoms with van der Waals surface area (Å²) in [7, 11) is 0. The molecule has 0 aliphatic heterocycles. The Kier molecular flexibility index (Phi) is 2.52. The van der Waals surface area contributed by atoms with E-state index < -0.39 is 0 Å². The molecule has 0 spiro atoms. The summed E-state index contributed by atoms with van der Waals surface area (Å²) in [6.07, 6.45) is 7.47. The molecule has 2 N–H and O–H groups in total. The van der Waals surface area contributed by atoms with E-state index in [1.54, 1.807) is 0 Å². The van der Waals surface area contributed by atoms with Crippen LogP contribution in [0.25, 0.3) is 10.9 Å². The number of anilines is 1. The van der Waals surface area contributed by atoms with Gasteiger partial charge in [-0.3, -0.25) is 5.10 Å². The molecule has 0 amide bonds. The predicted molar refractivity (Wildman–Crippen MR) is 66.5 cm³/mol. The molecule has 3 nitrogen and oxygen atoms in total. The zero-order valence-electron chi connectivity index (χ0n) is 9.37. The molecule has 0 radical (unpaired) electrons. The van der Waals surface area contributed by atoms with E-state index in [2.05, 4.69) is 33.7 Å². The van der Waals surface area contributed by atoms with Crippen molar-refractivity contribution in [2.45, 2.75) is 25.7 Å². The summed E-state index contributed by atoms with van der Waals surface area (Å²) in [5.41, 5.74) is 2.31. The van der Waals surface area contributed by atoms with Crippen molar-refractivity contribution in [2.24, 2.45) is 5.92 Å². The summed E-state index contributed by atoms with van der Waals surface area (Å²) >= 11 is 0. The summed E-state index contributed by atoms with van der Waals surface area (Å²) in [4.78, 5) is 0. The lowest BCUT2D eigenvalue weighted by Crippen LogP contribution is -2.10. The monoisotopic (exact) mass is 215 g/mol. The van der Waals surface area contributed by atoms with Crippen LogP contribution in [0, 0.1) is 5.92 Å². The van der Waals surface area contributed by atoms with E-state index in [1.165, 1.54) is 36.8 Å². The smallest absolute Gasteiger partial charge is 0.0671 e. The first kappa shape index (κ1) is 9.70. The number of aromatic amines is 1. The highest BCUT2D eigenvalue weighted by atomic mass is 15.1. The first-order valence-electron chi connectivity index (χ1n) is 6.09. The van der Waals surface area contributed by atoms with Gasteiger partial charge in [-0.25, -0.2) is 0 Å². The summed E-state index contributed by atoms with van der Waals surface area (Å²) < 4.78 is 0. The molecule has 1 aromatic carbocycles. The van der Waals surface area contributed by atoms with Gasteiger partial charge < -0.3 is 5.32 Å². The van der Waals surface area contributed by atoms with Crippen LogP contribution in [0.3, 0.4) is 0 Å². The number of fused-ring (bicyclic) bond motifs is 1. The largest absolute Gasteiger partial charge is 0.384 e. The van der Waals surface area contributed by atoms with E-state index in [9.17, 15) is 0 Å². The molecule has 16 heavy (non-hydrogen) atoms. The molecule has 0 bridgehead atoms. The lowest BCUT2D eigenvalue weighted by atomic mass is 10.1. The van der Waals surface area contributed by atoms with Crippen LogP contribution in [-0.4, -0.2) is 16.7 Å². The van der Waals surface area contributed by atoms with Gasteiger partial charge in [0, 0.05) is 17.6 Å². The average Bonchev–Trinajstić information content (AvgIpc) is 2.97. The van der Waals surface area contributed by atoms with Crippen molar-refractivity contribution in [3.63, 3.8) is 0 Å². The number of nitrogens with one attached hydrogen (secondary N) is 2. The van der Waals surface area contributed by atoms with Crippen molar-refractivity contribution in [3.05, 3.63) is 24.4 Å². The van der Waals surface area contributed by atoms with Gasteiger partial charge in [0.25, 0.3) is 0 Å². The molecule has 0 atom stereocenters. The van der Waals surface area contributed by atoms with Crippen LogP contribution in [0.15, 0.2) is 24.4 Å². The molecule has 1 aliphatic rings. The van der Waals surface area contributed by atoms with Crippen LogP contribution in [0.5, 0.6) is 0 Å². The predicted octanol–water partition coefficient (Wildman–Crippen LogP) is 3.17. The van der Waals surface area contributed by atoms with Gasteiger partial charge in [-0.15, -0.1) is 0 Å². The van der Waals surface area contributed by atoms with E-state index in [0.717, 1.165) is 18.0 Å². The first-order valence-corrected chi connectivity index (χ1v) is 6.09. The van der Waals surface area contributed by atoms with Crippen molar-refractivity contribution >= 4 is 16.6 Å². The maximum atomic E-state index is 4.08. The highest BCUT2D eigenvalue weighted by Gasteiger charge is 2.14. The number of H-pyrrole nitrogens is 1. The van der Waals surface area contributed by atoms with Gasteiger partial charge in [0.1, 0.15) is 0 Å². The van der Waals surface area contributed by atoms with Crippen molar-refractivity contribution in [1.29, 1.82) is 0 Å². The summed E-state index contributed by atoms with van der Waals surface area (Å²) in [5.74, 6) is 0.863. The van der Waals surface area contributed by atoms with E-state index in [4.69, 9.17) is 0 Å². The Labute approximate surface area is 95.2 Å². The number of hydrogen-bond acceptors (Lipinski definition) is 2. The Balaban J connectivity index is 1.75. The fourth-order valence-corrected chi connectivity index (χ4v) is 2.59. The molecule has 0 saturated heterocycles. The second-order valence-electron chi connectivity index (χ2n) is 4.67. The lowest BCUT2D eigenvalue weighted by Gasteiger charge is -2.12. The maximum absolute atomic E-state index is 4.08. The van der Waals surface area contributed by atoms with E-state index in [0.29, 0.717) is 0 Å². The fraction of sp³-hybridized carbons (Fsp3) is 0.462. The van der Waals surface area contributed by atoms with Crippen LogP contribution < -0.4 is 5.32 Å². The maximum Gasteiger partial charge on any atom is 0.0671 e. The zero-order chi connectivity index (χ0) is 10.8. The van der Waals surface area contributed by atoms with E-state index >= 15 is 0 Å². The van der Waals surface area contributed by atoms with Gasteiger partial charge in [-0.1, -0.05) is 18.9 Å². The highest BCUT2D eigenvalue weighted by Crippen LogP contribution is 2.26. The molecular weight excluding hydrogens is 198 g/mol. The summed E-state index contributed by atoms with van der Waals surface area (Å²) in [6.45, 7) is 1.10. The third kappa shape index (κ3) is 1.77. The van der Waals surface area contributed by atoms with Crippen molar-refractivity contribution in [1.82, 2.24) is 10.2 Å². The Hall–Kier alpha value is -1.51. The lowest BCUT2D eigenvalue weighted by molar-refractivity contribution is 0.580. The molecule has 1 fully saturated rings. The van der Waals surface area contributed by atoms with Crippen LogP contribution in [0.1, 0.15) is 25.7 Å². The first-order chi connectivity index (χ1) is 7.93. The van der Waals surface area contributed by atoms with Gasteiger partial charge in [-0.05, 0) is 30.9 Å². The molecule has 3 rings (SSSR count). The number of nitrogens with zero attached hydrogens (tertiary/aromatic N) is 1. The molecule has 1 aliphatic carbocycles. The van der Waals surface area contributed by atoms with Gasteiger partial charge in [0.15, 0.2) is 0 Å². The minimum absolute atomic E-state index is 0.863. The second kappa shape index (κ2) is 4.16. The van der Waals surface area contributed by atoms with Crippen LogP contribution >= 0.6 is 0 Å². The third-order valence-corrected chi connectivity index (χ3v) is 3.54. The van der Waals surface area contributed by atoms with Crippen molar-refractivity contribution in [3.8, 4) is 0 Å². The average molecular weight is 215 g/mol. The van der Waals surface area contributed by atoms with Gasteiger partial charge in [0.2, 0.25) is 0 Å². The van der Waals surface area contributed by atoms with E-state index in [-0.39, 0.29) is 0 Å². The zero-order valence-corrected chi connectivity index (χ0v) is 9.37. The molecular formula is C13H17N3. The van der Waals surface area contributed by atoms with Crippen LogP contribution in [0.2, 0.25) is 0 Å². The van der Waals surface area contributed by atoms with Gasteiger partial charge in [-0.2, -0.15) is 5.10 Å². The minimum atomic E-state index is 0.863.